The molecule has 21 heavy (non-hydrogen) atoms. The number of anilines is 1. The molecule has 2 rings (SSSR count). The van der Waals surface area contributed by atoms with Crippen molar-refractivity contribution in [2.24, 2.45) is 0 Å². The van der Waals surface area contributed by atoms with Crippen molar-refractivity contribution in [3.63, 3.8) is 0 Å². The van der Waals surface area contributed by atoms with Crippen LogP contribution in [0.25, 0.3) is 6.08 Å². The van der Waals surface area contributed by atoms with Gasteiger partial charge in [0.05, 0.1) is 0 Å². The Hall–Kier alpha value is -2.20. The number of rotatable bonds is 5. The molecule has 3 nitrogen and oxygen atoms in total. The van der Waals surface area contributed by atoms with E-state index in [2.05, 4.69) is 17.9 Å². The average Bonchev–Trinajstić information content (AvgIpc) is 2.50. The van der Waals surface area contributed by atoms with Gasteiger partial charge in [0, 0.05) is 11.3 Å². The number of ether oxygens (including phenoxy) is 1. The molecular formula is C17H17NO2S. The molecule has 0 aromatic heterocycles. The van der Waals surface area contributed by atoms with Crippen molar-refractivity contribution in [2.75, 3.05) is 5.32 Å². The van der Waals surface area contributed by atoms with Crippen molar-refractivity contribution in [1.29, 1.82) is 0 Å². The lowest BCUT2D eigenvalue weighted by Gasteiger charge is -2.16. The van der Waals surface area contributed by atoms with Gasteiger partial charge in [0.2, 0.25) is 0 Å². The molecule has 0 radical (unpaired) electrons. The summed E-state index contributed by atoms with van der Waals surface area (Å²) in [5, 5.41) is 4.45. The van der Waals surface area contributed by atoms with Crippen molar-refractivity contribution in [3.8, 4) is 5.75 Å². The third-order valence-corrected chi connectivity index (χ3v) is 3.04. The smallest absolute Gasteiger partial charge is 0.265 e. The van der Waals surface area contributed by atoms with E-state index in [4.69, 9.17) is 4.74 Å². The first-order chi connectivity index (χ1) is 10.2. The number of thiol groups is 1. The van der Waals surface area contributed by atoms with E-state index in [1.807, 2.05) is 60.7 Å². The van der Waals surface area contributed by atoms with E-state index in [-0.39, 0.29) is 5.91 Å². The average molecular weight is 299 g/mol. The first-order valence-electron chi connectivity index (χ1n) is 6.63. The minimum atomic E-state index is -0.598. The van der Waals surface area contributed by atoms with E-state index in [0.29, 0.717) is 5.75 Å². The van der Waals surface area contributed by atoms with Gasteiger partial charge in [-0.05, 0) is 36.6 Å². The fraction of sp³-hybridized carbons (Fsp3) is 0.118. The van der Waals surface area contributed by atoms with Gasteiger partial charge < -0.3 is 10.1 Å². The normalized spacial score (nSPS) is 12.1. The number of benzene rings is 2. The van der Waals surface area contributed by atoms with Gasteiger partial charge in [-0.25, -0.2) is 0 Å². The van der Waals surface area contributed by atoms with Crippen molar-refractivity contribution < 1.29 is 9.53 Å². The second-order valence-corrected chi connectivity index (χ2v) is 4.77. The van der Waals surface area contributed by atoms with E-state index in [1.165, 1.54) is 0 Å². The van der Waals surface area contributed by atoms with Crippen LogP contribution in [0.15, 0.2) is 60.0 Å². The van der Waals surface area contributed by atoms with Crippen LogP contribution < -0.4 is 10.1 Å². The summed E-state index contributed by atoms with van der Waals surface area (Å²) in [5.41, 5.74) is 1.63. The first-order valence-corrected chi connectivity index (χ1v) is 7.14. The molecular weight excluding hydrogens is 282 g/mol. The van der Waals surface area contributed by atoms with Crippen LogP contribution in [0.5, 0.6) is 5.75 Å². The Balaban J connectivity index is 2.04. The molecule has 0 aliphatic heterocycles. The Bertz CT molecular complexity index is 626. The lowest BCUT2D eigenvalue weighted by molar-refractivity contribution is -0.122. The van der Waals surface area contributed by atoms with Gasteiger partial charge in [-0.2, -0.15) is 12.6 Å². The van der Waals surface area contributed by atoms with E-state index < -0.39 is 6.10 Å². The van der Waals surface area contributed by atoms with Gasteiger partial charge in [0.1, 0.15) is 5.75 Å². The van der Waals surface area contributed by atoms with Crippen molar-refractivity contribution in [1.82, 2.24) is 0 Å². The molecule has 0 fully saturated rings. The van der Waals surface area contributed by atoms with Crippen molar-refractivity contribution in [3.05, 3.63) is 65.6 Å². The summed E-state index contributed by atoms with van der Waals surface area (Å²) in [6, 6.07) is 16.8. The number of hydrogen-bond donors (Lipinski definition) is 2. The lowest BCUT2D eigenvalue weighted by atomic mass is 10.2. The number of hydrogen-bond acceptors (Lipinski definition) is 3. The number of amides is 1. The van der Waals surface area contributed by atoms with Crippen LogP contribution in [0.4, 0.5) is 5.69 Å². The summed E-state index contributed by atoms with van der Waals surface area (Å²) in [4.78, 5) is 12.1. The maximum absolute atomic E-state index is 12.1. The largest absolute Gasteiger partial charge is 0.480 e. The Morgan fingerprint density at radius 2 is 1.81 bits per heavy atom. The number of carbonyl (C=O) groups is 1. The minimum Gasteiger partial charge on any atom is -0.480 e. The van der Waals surface area contributed by atoms with Crippen LogP contribution >= 0.6 is 12.6 Å². The molecule has 1 atom stereocenters. The SMILES string of the molecule is CC(Oc1ccccc1/C=C/S)C(=O)Nc1ccccc1. The van der Waals surface area contributed by atoms with E-state index in [0.717, 1.165) is 11.3 Å². The minimum absolute atomic E-state index is 0.189. The molecule has 2 aromatic rings. The molecule has 1 unspecified atom stereocenters. The monoisotopic (exact) mass is 299 g/mol. The number of nitrogens with one attached hydrogen (secondary N) is 1. The molecule has 1 N–H and O–H groups in total. The highest BCUT2D eigenvalue weighted by atomic mass is 32.1. The van der Waals surface area contributed by atoms with E-state index in [9.17, 15) is 4.79 Å². The summed E-state index contributed by atoms with van der Waals surface area (Å²) < 4.78 is 5.73. The molecule has 4 heteroatoms. The summed E-state index contributed by atoms with van der Waals surface area (Å²) in [6.45, 7) is 1.72. The van der Waals surface area contributed by atoms with Gasteiger partial charge in [-0.15, -0.1) is 0 Å². The summed E-state index contributed by atoms with van der Waals surface area (Å²) in [5.74, 6) is 0.462. The zero-order valence-electron chi connectivity index (χ0n) is 11.7. The summed E-state index contributed by atoms with van der Waals surface area (Å²) in [6.07, 6.45) is 1.22. The van der Waals surface area contributed by atoms with Crippen LogP contribution in [-0.4, -0.2) is 12.0 Å². The number of carbonyl (C=O) groups excluding carboxylic acids is 1. The molecule has 0 saturated heterocycles. The van der Waals surface area contributed by atoms with Gasteiger partial charge >= 0.3 is 0 Å². The third-order valence-electron chi connectivity index (χ3n) is 2.89. The maximum Gasteiger partial charge on any atom is 0.265 e. The standard InChI is InChI=1S/C17H17NO2S/c1-13(17(19)18-15-8-3-2-4-9-15)20-16-10-6-5-7-14(16)11-12-21/h2-13,21H,1H3,(H,18,19)/b12-11+. The molecule has 0 saturated carbocycles. The molecule has 108 valence electrons. The predicted octanol–water partition coefficient (Wildman–Crippen LogP) is 3.99. The zero-order valence-corrected chi connectivity index (χ0v) is 12.6. The zero-order chi connectivity index (χ0) is 15.1. The Morgan fingerprint density at radius 1 is 1.14 bits per heavy atom. The number of para-hydroxylation sites is 2. The van der Waals surface area contributed by atoms with Crippen LogP contribution in [-0.2, 0) is 4.79 Å². The second-order valence-electron chi connectivity index (χ2n) is 4.47. The molecule has 1 amide bonds. The molecule has 0 spiro atoms. The molecule has 0 bridgehead atoms. The quantitative estimate of drug-likeness (QED) is 0.819. The van der Waals surface area contributed by atoms with Gasteiger partial charge in [-0.1, -0.05) is 36.4 Å². The molecule has 0 heterocycles. The summed E-state index contributed by atoms with van der Waals surface area (Å²) >= 11 is 4.06. The molecule has 0 aliphatic rings. The Labute approximate surface area is 130 Å². The van der Waals surface area contributed by atoms with Crippen LogP contribution in [0.2, 0.25) is 0 Å². The first kappa shape index (κ1) is 15.2. The fourth-order valence-electron chi connectivity index (χ4n) is 1.82. The predicted molar refractivity (Wildman–Crippen MR) is 89.6 cm³/mol. The Morgan fingerprint density at radius 3 is 2.52 bits per heavy atom. The second kappa shape index (κ2) is 7.55. The van der Waals surface area contributed by atoms with Crippen molar-refractivity contribution in [2.45, 2.75) is 13.0 Å². The van der Waals surface area contributed by atoms with Gasteiger partial charge in [-0.3, -0.25) is 4.79 Å². The third kappa shape index (κ3) is 4.39. The molecule has 0 aliphatic carbocycles. The van der Waals surface area contributed by atoms with Crippen LogP contribution in [0, 0.1) is 0 Å². The van der Waals surface area contributed by atoms with Crippen LogP contribution in [0.3, 0.4) is 0 Å². The highest BCUT2D eigenvalue weighted by Gasteiger charge is 2.15. The highest BCUT2D eigenvalue weighted by Crippen LogP contribution is 2.21. The van der Waals surface area contributed by atoms with Gasteiger partial charge in [0.15, 0.2) is 6.10 Å². The highest BCUT2D eigenvalue weighted by molar-refractivity contribution is 7.83. The topological polar surface area (TPSA) is 38.3 Å². The fourth-order valence-corrected chi connectivity index (χ4v) is 1.98. The van der Waals surface area contributed by atoms with Crippen molar-refractivity contribution >= 4 is 30.3 Å². The maximum atomic E-state index is 12.1. The molecule has 2 aromatic carbocycles. The van der Waals surface area contributed by atoms with E-state index >= 15 is 0 Å². The van der Waals surface area contributed by atoms with Crippen LogP contribution in [0.1, 0.15) is 12.5 Å². The summed E-state index contributed by atoms with van der Waals surface area (Å²) in [7, 11) is 0. The Kier molecular flexibility index (Phi) is 5.46. The van der Waals surface area contributed by atoms with E-state index in [1.54, 1.807) is 12.3 Å². The lowest BCUT2D eigenvalue weighted by Crippen LogP contribution is -2.30. The van der Waals surface area contributed by atoms with Gasteiger partial charge in [0.25, 0.3) is 5.91 Å².